The van der Waals surface area contributed by atoms with Crippen LogP contribution < -0.4 is 0 Å². The fourth-order valence-corrected chi connectivity index (χ4v) is 5.97. The molecule has 6 aromatic carbocycles. The summed E-state index contributed by atoms with van der Waals surface area (Å²) < 4.78 is 6.50. The molecule has 0 unspecified atom stereocenters. The van der Waals surface area contributed by atoms with Gasteiger partial charge < -0.3 is 4.42 Å². The Morgan fingerprint density at radius 1 is 0.556 bits per heavy atom. The molecule has 7 aromatic rings. The second-order valence-corrected chi connectivity index (χ2v) is 9.77. The minimum absolute atomic E-state index is 0.905. The lowest BCUT2D eigenvalue weighted by Gasteiger charge is -2.23. The summed E-state index contributed by atoms with van der Waals surface area (Å²) in [4.78, 5) is 0. The largest absolute Gasteiger partial charge is 0.456 e. The van der Waals surface area contributed by atoms with Gasteiger partial charge in [-0.3, -0.25) is 0 Å². The van der Waals surface area contributed by atoms with Crippen molar-refractivity contribution in [1.82, 2.24) is 0 Å². The third-order valence-electron chi connectivity index (χ3n) is 7.61. The molecule has 0 bridgehead atoms. The van der Waals surface area contributed by atoms with E-state index in [2.05, 4.69) is 121 Å². The van der Waals surface area contributed by atoms with Crippen molar-refractivity contribution in [3.63, 3.8) is 0 Å². The maximum absolute atomic E-state index is 6.50. The zero-order valence-corrected chi connectivity index (χ0v) is 19.7. The zero-order chi connectivity index (χ0) is 23.6. The van der Waals surface area contributed by atoms with Crippen LogP contribution in [0.2, 0.25) is 0 Å². The zero-order valence-electron chi connectivity index (χ0n) is 19.7. The van der Waals surface area contributed by atoms with Gasteiger partial charge >= 0.3 is 0 Å². The van der Waals surface area contributed by atoms with Gasteiger partial charge in [0.1, 0.15) is 11.2 Å². The SMILES string of the molecule is C(=C1\Cc2ccccc2-c2ccc3oc4cc5cc6ccccc6cc5cc4c3c21)/c1ccccc1. The van der Waals surface area contributed by atoms with E-state index >= 15 is 0 Å². The second-order valence-electron chi connectivity index (χ2n) is 9.77. The lowest BCUT2D eigenvalue weighted by Crippen LogP contribution is -2.03. The molecule has 0 N–H and O–H groups in total. The topological polar surface area (TPSA) is 13.1 Å². The molecular weight excluding hydrogens is 436 g/mol. The summed E-state index contributed by atoms with van der Waals surface area (Å²) >= 11 is 0. The van der Waals surface area contributed by atoms with Gasteiger partial charge in [0.2, 0.25) is 0 Å². The molecule has 1 nitrogen and oxygen atoms in total. The van der Waals surface area contributed by atoms with Crippen LogP contribution in [-0.4, -0.2) is 0 Å². The summed E-state index contributed by atoms with van der Waals surface area (Å²) in [5.74, 6) is 0. The number of rotatable bonds is 1. The third kappa shape index (κ3) is 2.90. The maximum atomic E-state index is 6.50. The lowest BCUT2D eigenvalue weighted by atomic mass is 9.79. The highest BCUT2D eigenvalue weighted by atomic mass is 16.3. The van der Waals surface area contributed by atoms with Gasteiger partial charge in [-0.1, -0.05) is 91.0 Å². The summed E-state index contributed by atoms with van der Waals surface area (Å²) in [6.07, 6.45) is 3.25. The Morgan fingerprint density at radius 2 is 1.28 bits per heavy atom. The van der Waals surface area contributed by atoms with E-state index in [1.165, 1.54) is 65.7 Å². The molecule has 1 heteroatoms. The number of furan rings is 1. The first kappa shape index (κ1) is 19.7. The lowest BCUT2D eigenvalue weighted by molar-refractivity contribution is 0.669. The standard InChI is InChI=1S/C35H22O/c1-2-8-22(9-3-1)16-28-19-25-12-6-7-13-29(25)30-14-15-32-35(34(28)30)31-20-26-17-23-10-4-5-11-24(23)18-27(26)21-33(31)36-32/h1-18,20-21H,19H2/b28-16-. The Bertz CT molecular complexity index is 2000. The van der Waals surface area contributed by atoms with E-state index in [0.717, 1.165) is 17.6 Å². The Morgan fingerprint density at radius 3 is 2.11 bits per heavy atom. The van der Waals surface area contributed by atoms with Crippen LogP contribution in [0, 0.1) is 0 Å². The minimum Gasteiger partial charge on any atom is -0.456 e. The summed E-state index contributed by atoms with van der Waals surface area (Å²) in [7, 11) is 0. The van der Waals surface area contributed by atoms with Crippen LogP contribution in [0.5, 0.6) is 0 Å². The molecule has 36 heavy (non-hydrogen) atoms. The highest BCUT2D eigenvalue weighted by Crippen LogP contribution is 2.46. The van der Waals surface area contributed by atoms with E-state index < -0.39 is 0 Å². The molecular formula is C35H22O. The molecule has 0 spiro atoms. The molecule has 8 rings (SSSR count). The van der Waals surface area contributed by atoms with Gasteiger partial charge in [0.25, 0.3) is 0 Å². The van der Waals surface area contributed by atoms with E-state index in [-0.39, 0.29) is 0 Å². The van der Waals surface area contributed by atoms with Gasteiger partial charge in [0, 0.05) is 10.8 Å². The number of allylic oxidation sites excluding steroid dienone is 1. The van der Waals surface area contributed by atoms with Crippen molar-refractivity contribution in [2.45, 2.75) is 6.42 Å². The van der Waals surface area contributed by atoms with Crippen molar-refractivity contribution < 1.29 is 4.42 Å². The molecule has 1 aliphatic carbocycles. The first-order chi connectivity index (χ1) is 17.8. The molecule has 0 amide bonds. The van der Waals surface area contributed by atoms with Gasteiger partial charge in [-0.15, -0.1) is 0 Å². The van der Waals surface area contributed by atoms with Crippen LogP contribution in [0.25, 0.3) is 66.3 Å². The fraction of sp³-hybridized carbons (Fsp3) is 0.0286. The highest BCUT2D eigenvalue weighted by Gasteiger charge is 2.24. The van der Waals surface area contributed by atoms with Crippen LogP contribution in [0.15, 0.2) is 120 Å². The molecule has 1 heterocycles. The summed E-state index contributed by atoms with van der Waals surface area (Å²) in [6, 6.07) is 41.5. The number of fused-ring (bicyclic) bond motifs is 9. The van der Waals surface area contributed by atoms with Gasteiger partial charge in [-0.2, -0.15) is 0 Å². The van der Waals surface area contributed by atoms with Crippen molar-refractivity contribution in [2.75, 3.05) is 0 Å². The van der Waals surface area contributed by atoms with E-state index in [9.17, 15) is 0 Å². The van der Waals surface area contributed by atoms with E-state index in [1.54, 1.807) is 0 Å². The molecule has 1 aliphatic rings. The molecule has 0 saturated heterocycles. The van der Waals surface area contributed by atoms with E-state index in [0.29, 0.717) is 0 Å². The maximum Gasteiger partial charge on any atom is 0.136 e. The van der Waals surface area contributed by atoms with Crippen molar-refractivity contribution in [3.8, 4) is 11.1 Å². The van der Waals surface area contributed by atoms with E-state index in [4.69, 9.17) is 4.42 Å². The van der Waals surface area contributed by atoms with Crippen molar-refractivity contribution in [2.24, 2.45) is 0 Å². The Labute approximate surface area is 208 Å². The average Bonchev–Trinajstić information content (AvgIpc) is 3.28. The predicted octanol–water partition coefficient (Wildman–Crippen LogP) is 9.66. The smallest absolute Gasteiger partial charge is 0.136 e. The molecule has 168 valence electrons. The van der Waals surface area contributed by atoms with Crippen molar-refractivity contribution in [1.29, 1.82) is 0 Å². The second kappa shape index (κ2) is 7.44. The first-order valence-corrected chi connectivity index (χ1v) is 12.5. The molecule has 0 aliphatic heterocycles. The van der Waals surface area contributed by atoms with E-state index in [1.807, 2.05) is 0 Å². The highest BCUT2D eigenvalue weighted by molar-refractivity contribution is 6.18. The normalized spacial score (nSPS) is 14.1. The van der Waals surface area contributed by atoms with Crippen LogP contribution >= 0.6 is 0 Å². The predicted molar refractivity (Wildman–Crippen MR) is 152 cm³/mol. The number of benzene rings is 6. The van der Waals surface area contributed by atoms with Crippen LogP contribution in [0.4, 0.5) is 0 Å². The first-order valence-electron chi connectivity index (χ1n) is 12.5. The molecule has 0 fully saturated rings. The Kier molecular flexibility index (Phi) is 4.06. The third-order valence-corrected chi connectivity index (χ3v) is 7.61. The average molecular weight is 459 g/mol. The Balaban J connectivity index is 1.49. The quantitative estimate of drug-likeness (QED) is 0.223. The fourth-order valence-electron chi connectivity index (χ4n) is 5.97. The molecule has 0 atom stereocenters. The monoisotopic (exact) mass is 458 g/mol. The molecule has 1 aromatic heterocycles. The minimum atomic E-state index is 0.905. The molecule has 0 radical (unpaired) electrons. The molecule has 0 saturated carbocycles. The van der Waals surface area contributed by atoms with Crippen LogP contribution in [-0.2, 0) is 6.42 Å². The van der Waals surface area contributed by atoms with Crippen molar-refractivity contribution >= 4 is 55.1 Å². The summed E-state index contributed by atoms with van der Waals surface area (Å²) in [5.41, 5.74) is 9.72. The number of hydrogen-bond donors (Lipinski definition) is 0. The van der Waals surface area contributed by atoms with Gasteiger partial charge in [-0.05, 0) is 91.7 Å². The summed E-state index contributed by atoms with van der Waals surface area (Å²) in [5, 5.41) is 7.36. The van der Waals surface area contributed by atoms with Gasteiger partial charge in [0.05, 0.1) is 0 Å². The van der Waals surface area contributed by atoms with Crippen LogP contribution in [0.1, 0.15) is 16.7 Å². The van der Waals surface area contributed by atoms with Gasteiger partial charge in [-0.25, -0.2) is 0 Å². The van der Waals surface area contributed by atoms with Crippen molar-refractivity contribution in [3.05, 3.63) is 132 Å². The summed E-state index contributed by atoms with van der Waals surface area (Å²) in [6.45, 7) is 0. The van der Waals surface area contributed by atoms with Gasteiger partial charge in [0.15, 0.2) is 0 Å². The Hall–Kier alpha value is -4.62. The number of hydrogen-bond acceptors (Lipinski definition) is 1. The van der Waals surface area contributed by atoms with Crippen LogP contribution in [0.3, 0.4) is 0 Å².